The molecule has 0 aliphatic carbocycles. The average molecular weight is 427 g/mol. The zero-order valence-electron chi connectivity index (χ0n) is 16.3. The van der Waals surface area contributed by atoms with Gasteiger partial charge in [-0.1, -0.05) is 60.1 Å². The Bertz CT molecular complexity index is 735. The van der Waals surface area contributed by atoms with Crippen LogP contribution in [0.15, 0.2) is 70.5 Å². The van der Waals surface area contributed by atoms with E-state index in [1.165, 1.54) is 9.79 Å². The quantitative estimate of drug-likeness (QED) is 0.443. The highest BCUT2D eigenvalue weighted by Gasteiger charge is 2.06. The Morgan fingerprint density at radius 1 is 0.655 bits per heavy atom. The van der Waals surface area contributed by atoms with Crippen LogP contribution in [0.3, 0.4) is 0 Å². The van der Waals surface area contributed by atoms with Crippen molar-refractivity contribution in [1.82, 2.24) is 0 Å². The van der Waals surface area contributed by atoms with E-state index in [0.717, 1.165) is 0 Å². The Morgan fingerprint density at radius 3 is 1.48 bits per heavy atom. The number of aliphatic hydroxyl groups is 2. The number of ether oxygens (including phenoxy) is 1. The van der Waals surface area contributed by atoms with Gasteiger partial charge in [0.15, 0.2) is 0 Å². The summed E-state index contributed by atoms with van der Waals surface area (Å²) in [6.07, 6.45) is -0.571. The molecule has 2 atom stereocenters. The van der Waals surface area contributed by atoms with Gasteiger partial charge in [-0.15, -0.1) is 23.5 Å². The standard InChI is InChI=1S/C24H26O3S2/c25-21(11-7-9-17-28-23-13-3-1-4-14-23)19-27-20-22(26)12-8-10-18-29-24-15-5-2-6-16-24/h1-6,13-16,21-22,25-26H,11-12,17-20H2. The van der Waals surface area contributed by atoms with Crippen LogP contribution in [0.4, 0.5) is 0 Å². The van der Waals surface area contributed by atoms with E-state index in [0.29, 0.717) is 24.3 Å². The molecule has 29 heavy (non-hydrogen) atoms. The minimum absolute atomic E-state index is 0.162. The van der Waals surface area contributed by atoms with E-state index in [1.807, 2.05) is 60.7 Å². The minimum atomic E-state index is -0.648. The van der Waals surface area contributed by atoms with Crippen LogP contribution >= 0.6 is 23.5 Å². The first kappa shape index (κ1) is 23.4. The molecular weight excluding hydrogens is 400 g/mol. The summed E-state index contributed by atoms with van der Waals surface area (Å²) in [6, 6.07) is 20.2. The van der Waals surface area contributed by atoms with Gasteiger partial charge in [-0.25, -0.2) is 0 Å². The summed E-state index contributed by atoms with van der Waals surface area (Å²) in [5.41, 5.74) is 0. The highest BCUT2D eigenvalue weighted by Crippen LogP contribution is 2.16. The summed E-state index contributed by atoms with van der Waals surface area (Å²) in [7, 11) is 0. The number of rotatable bonds is 10. The largest absolute Gasteiger partial charge is 0.390 e. The lowest BCUT2D eigenvalue weighted by Gasteiger charge is -2.11. The third-order valence-electron chi connectivity index (χ3n) is 3.65. The lowest BCUT2D eigenvalue weighted by Crippen LogP contribution is -2.20. The molecule has 0 spiro atoms. The van der Waals surface area contributed by atoms with Crippen molar-refractivity contribution in [1.29, 1.82) is 0 Å². The van der Waals surface area contributed by atoms with Gasteiger partial charge < -0.3 is 14.9 Å². The molecule has 5 heteroatoms. The number of aliphatic hydroxyl groups excluding tert-OH is 2. The second kappa shape index (κ2) is 15.0. The fourth-order valence-electron chi connectivity index (χ4n) is 2.21. The Morgan fingerprint density at radius 2 is 1.07 bits per heavy atom. The maximum atomic E-state index is 9.89. The first-order valence-electron chi connectivity index (χ1n) is 9.45. The number of thioether (sulfide) groups is 2. The summed E-state index contributed by atoms with van der Waals surface area (Å²) in [4.78, 5) is 2.36. The molecule has 152 valence electrons. The van der Waals surface area contributed by atoms with Crippen molar-refractivity contribution in [2.45, 2.75) is 34.8 Å². The maximum Gasteiger partial charge on any atom is 0.0882 e. The second-order valence-corrected chi connectivity index (χ2v) is 8.26. The molecular formula is C24H26O3S2. The van der Waals surface area contributed by atoms with Crippen molar-refractivity contribution >= 4 is 23.5 Å². The molecule has 2 aromatic rings. The predicted octanol–water partition coefficient (Wildman–Crippen LogP) is 4.10. The topological polar surface area (TPSA) is 49.7 Å². The van der Waals surface area contributed by atoms with E-state index in [1.54, 1.807) is 23.5 Å². The molecule has 0 saturated carbocycles. The molecule has 0 aliphatic heterocycles. The average Bonchev–Trinajstić information content (AvgIpc) is 2.75. The lowest BCUT2D eigenvalue weighted by molar-refractivity contribution is -0.00405. The van der Waals surface area contributed by atoms with Crippen LogP contribution < -0.4 is 0 Å². The monoisotopic (exact) mass is 426 g/mol. The number of hydrogen-bond donors (Lipinski definition) is 2. The van der Waals surface area contributed by atoms with Crippen molar-refractivity contribution in [3.63, 3.8) is 0 Å². The fraction of sp³-hybridized carbons (Fsp3) is 0.333. The molecule has 0 aromatic heterocycles. The SMILES string of the molecule is OC(CC#CCSc1ccccc1)COCC(O)CC#CCSc1ccccc1. The third-order valence-corrected chi connectivity index (χ3v) is 5.44. The summed E-state index contributed by atoms with van der Waals surface area (Å²) in [5, 5.41) is 19.8. The van der Waals surface area contributed by atoms with Crippen molar-refractivity contribution in [2.75, 3.05) is 24.7 Å². The van der Waals surface area contributed by atoms with E-state index in [2.05, 4.69) is 23.7 Å². The van der Waals surface area contributed by atoms with Crippen molar-refractivity contribution in [3.05, 3.63) is 60.7 Å². The first-order chi connectivity index (χ1) is 14.2. The van der Waals surface area contributed by atoms with Gasteiger partial charge in [0.1, 0.15) is 0 Å². The van der Waals surface area contributed by atoms with Crippen molar-refractivity contribution < 1.29 is 14.9 Å². The van der Waals surface area contributed by atoms with E-state index in [9.17, 15) is 10.2 Å². The lowest BCUT2D eigenvalue weighted by atomic mass is 10.2. The van der Waals surface area contributed by atoms with E-state index < -0.39 is 12.2 Å². The summed E-state index contributed by atoms with van der Waals surface area (Å²) in [6.45, 7) is 0.323. The van der Waals surface area contributed by atoms with Gasteiger partial charge in [0.2, 0.25) is 0 Å². The molecule has 0 radical (unpaired) electrons. The van der Waals surface area contributed by atoms with Gasteiger partial charge in [0.05, 0.1) is 36.9 Å². The van der Waals surface area contributed by atoms with E-state index in [-0.39, 0.29) is 13.2 Å². The predicted molar refractivity (Wildman–Crippen MR) is 122 cm³/mol. The van der Waals surface area contributed by atoms with Gasteiger partial charge in [0, 0.05) is 22.6 Å². The van der Waals surface area contributed by atoms with Gasteiger partial charge in [-0.2, -0.15) is 0 Å². The van der Waals surface area contributed by atoms with Crippen LogP contribution in [-0.2, 0) is 4.74 Å². The Balaban J connectivity index is 1.49. The summed E-state index contributed by atoms with van der Waals surface area (Å²) < 4.78 is 5.36. The van der Waals surface area contributed by atoms with Crippen LogP contribution in [0.25, 0.3) is 0 Å². The highest BCUT2D eigenvalue weighted by atomic mass is 32.2. The van der Waals surface area contributed by atoms with Crippen LogP contribution in [0.1, 0.15) is 12.8 Å². The maximum absolute atomic E-state index is 9.89. The van der Waals surface area contributed by atoms with E-state index in [4.69, 9.17) is 4.74 Å². The number of hydrogen-bond acceptors (Lipinski definition) is 5. The second-order valence-electron chi connectivity index (χ2n) is 6.16. The summed E-state index contributed by atoms with van der Waals surface area (Å²) in [5.74, 6) is 13.4. The molecule has 0 fully saturated rings. The van der Waals surface area contributed by atoms with Crippen LogP contribution in [-0.4, -0.2) is 47.1 Å². The molecule has 2 unspecified atom stereocenters. The summed E-state index contributed by atoms with van der Waals surface area (Å²) >= 11 is 3.34. The number of benzene rings is 2. The normalized spacial score (nSPS) is 12.2. The first-order valence-corrected chi connectivity index (χ1v) is 11.4. The molecule has 2 aromatic carbocycles. The molecule has 2 rings (SSSR count). The Kier molecular flexibility index (Phi) is 12.1. The van der Waals surface area contributed by atoms with Crippen molar-refractivity contribution in [3.8, 4) is 23.7 Å². The molecule has 0 saturated heterocycles. The van der Waals surface area contributed by atoms with Crippen LogP contribution in [0.5, 0.6) is 0 Å². The van der Waals surface area contributed by atoms with Gasteiger partial charge in [0.25, 0.3) is 0 Å². The van der Waals surface area contributed by atoms with Gasteiger partial charge in [-0.05, 0) is 24.3 Å². The van der Waals surface area contributed by atoms with Crippen LogP contribution in [0.2, 0.25) is 0 Å². The molecule has 2 N–H and O–H groups in total. The highest BCUT2D eigenvalue weighted by molar-refractivity contribution is 7.99. The zero-order valence-corrected chi connectivity index (χ0v) is 17.9. The Hall–Kier alpha value is -1.86. The fourth-order valence-corrected chi connectivity index (χ4v) is 3.59. The third kappa shape index (κ3) is 11.7. The smallest absolute Gasteiger partial charge is 0.0882 e. The Labute approximate surface area is 182 Å². The van der Waals surface area contributed by atoms with Gasteiger partial charge >= 0.3 is 0 Å². The van der Waals surface area contributed by atoms with Crippen LogP contribution in [0, 0.1) is 23.7 Å². The molecule has 0 heterocycles. The molecule has 0 bridgehead atoms. The molecule has 0 aliphatic rings. The zero-order chi connectivity index (χ0) is 20.6. The molecule has 3 nitrogen and oxygen atoms in total. The minimum Gasteiger partial charge on any atom is -0.390 e. The molecule has 0 amide bonds. The van der Waals surface area contributed by atoms with E-state index >= 15 is 0 Å². The van der Waals surface area contributed by atoms with Gasteiger partial charge in [-0.3, -0.25) is 0 Å². The van der Waals surface area contributed by atoms with Crippen molar-refractivity contribution in [2.24, 2.45) is 0 Å².